The van der Waals surface area contributed by atoms with Crippen LogP contribution in [0, 0.1) is 37.1 Å². The number of carboxylic acid groups (broad SMARTS) is 2. The second kappa shape index (κ2) is 17.5. The van der Waals surface area contributed by atoms with Crippen LogP contribution in [0.25, 0.3) is 56.0 Å². The topological polar surface area (TPSA) is 187 Å². The fraction of sp³-hybridized carbons (Fsp3) is 0.0909. The van der Waals surface area contributed by atoms with Crippen LogP contribution in [0.4, 0.5) is 17.6 Å². The van der Waals surface area contributed by atoms with Gasteiger partial charge < -0.3 is 10.2 Å². The van der Waals surface area contributed by atoms with Gasteiger partial charge in [-0.15, -0.1) is 0 Å². The number of carbonyl (C=O) groups is 2. The van der Waals surface area contributed by atoms with E-state index in [1.54, 1.807) is 32.2 Å². The van der Waals surface area contributed by atoms with E-state index in [1.165, 1.54) is 66.5 Å². The monoisotopic (exact) mass is 894 g/mol. The smallest absolute Gasteiger partial charge is 0.335 e. The molecule has 0 bridgehead atoms. The van der Waals surface area contributed by atoms with Gasteiger partial charge in [-0.25, -0.2) is 47.1 Å². The normalized spacial score (nSPS) is 11.6. The Hall–Kier alpha value is -7.38. The number of hydrogen-bond acceptors (Lipinski definition) is 10. The highest BCUT2D eigenvalue weighted by molar-refractivity contribution is 7.98. The molecule has 0 spiro atoms. The number of benzene rings is 4. The summed E-state index contributed by atoms with van der Waals surface area (Å²) in [5, 5.41) is 19.4. The lowest BCUT2D eigenvalue weighted by atomic mass is 10.00. The fourth-order valence-electron chi connectivity index (χ4n) is 6.68. The number of aromatic carboxylic acids is 2. The van der Waals surface area contributed by atoms with Crippen LogP contribution < -0.4 is 11.1 Å². The van der Waals surface area contributed by atoms with Gasteiger partial charge in [-0.2, -0.15) is 0 Å². The Labute approximate surface area is 359 Å². The molecule has 0 radical (unpaired) electrons. The Kier molecular flexibility index (Phi) is 12.2. The number of para-hydroxylation sites is 2. The van der Waals surface area contributed by atoms with Gasteiger partial charge in [0.05, 0.1) is 33.3 Å². The molecule has 63 heavy (non-hydrogen) atoms. The predicted octanol–water partition coefficient (Wildman–Crippen LogP) is 7.92. The standard InChI is InChI=1S/C22H15F2N3O4S.C22H15F2N3O3S/c1-11-6-7-12(21(29)30)10-14(11)18-13-8-9-17(28)27(19-15(23)4-3-5-16(19)24)20(13)26-22(25-18)32(2)31;1-11-6-7-12(21(29)30)10-14(11)18-13-8-9-17(28)27(20(13)26-22(25-18)31-2)19-15(23)4-3-5-16(19)24/h3-10H,1-2H3,(H,29,30);3-10H,1-2H3,(H,29,30). The molecule has 0 amide bonds. The maximum Gasteiger partial charge on any atom is 0.335 e. The predicted molar refractivity (Wildman–Crippen MR) is 228 cm³/mol. The van der Waals surface area contributed by atoms with Gasteiger partial charge in [0, 0.05) is 40.3 Å². The molecule has 4 aromatic heterocycles. The minimum Gasteiger partial charge on any atom is -0.478 e. The van der Waals surface area contributed by atoms with Crippen molar-refractivity contribution in [1.82, 2.24) is 29.1 Å². The van der Waals surface area contributed by atoms with Crippen LogP contribution in [0.1, 0.15) is 31.8 Å². The van der Waals surface area contributed by atoms with Crippen molar-refractivity contribution in [1.29, 1.82) is 0 Å². The highest BCUT2D eigenvalue weighted by Crippen LogP contribution is 2.33. The molecule has 0 fully saturated rings. The molecular formula is C44H30F4N6O7S2. The highest BCUT2D eigenvalue weighted by atomic mass is 32.2. The number of rotatable bonds is 8. The van der Waals surface area contributed by atoms with Crippen LogP contribution in [0.5, 0.6) is 0 Å². The van der Waals surface area contributed by atoms with Crippen LogP contribution in [0.3, 0.4) is 0 Å². The molecule has 0 aliphatic rings. The maximum atomic E-state index is 14.6. The Morgan fingerprint density at radius 3 is 1.41 bits per heavy atom. The molecule has 1 unspecified atom stereocenters. The van der Waals surface area contributed by atoms with Crippen molar-refractivity contribution in [2.24, 2.45) is 0 Å². The van der Waals surface area contributed by atoms with Gasteiger partial charge in [-0.1, -0.05) is 36.0 Å². The zero-order valence-electron chi connectivity index (χ0n) is 33.2. The summed E-state index contributed by atoms with van der Waals surface area (Å²) >= 11 is 1.19. The van der Waals surface area contributed by atoms with E-state index in [4.69, 9.17) is 0 Å². The molecule has 8 rings (SSSR count). The largest absolute Gasteiger partial charge is 0.478 e. The summed E-state index contributed by atoms with van der Waals surface area (Å²) in [6.45, 7) is 3.52. The van der Waals surface area contributed by atoms with Gasteiger partial charge in [-0.05, 0) is 91.9 Å². The molecule has 13 nitrogen and oxygen atoms in total. The summed E-state index contributed by atoms with van der Waals surface area (Å²) in [6, 6.07) is 20.6. The van der Waals surface area contributed by atoms with Crippen LogP contribution in [0.15, 0.2) is 117 Å². The van der Waals surface area contributed by atoms with Gasteiger partial charge >= 0.3 is 11.9 Å². The average Bonchev–Trinajstić information content (AvgIpc) is 3.24. The molecule has 19 heteroatoms. The lowest BCUT2D eigenvalue weighted by Crippen LogP contribution is -2.21. The number of fused-ring (bicyclic) bond motifs is 2. The molecule has 2 N–H and O–H groups in total. The number of nitrogens with zero attached hydrogens (tertiary/aromatic N) is 6. The first-order valence-corrected chi connectivity index (χ1v) is 21.1. The van der Waals surface area contributed by atoms with Crippen molar-refractivity contribution >= 4 is 56.6 Å². The number of aryl methyl sites for hydroxylation is 2. The molecule has 0 saturated carbocycles. The van der Waals surface area contributed by atoms with E-state index < -0.39 is 68.5 Å². The van der Waals surface area contributed by atoms with Crippen LogP contribution in [-0.4, -0.2) is 67.9 Å². The van der Waals surface area contributed by atoms with Crippen LogP contribution >= 0.6 is 11.8 Å². The summed E-state index contributed by atoms with van der Waals surface area (Å²) in [5.41, 5.74) is 0.183. The van der Waals surface area contributed by atoms with Crippen molar-refractivity contribution in [3.8, 4) is 33.9 Å². The zero-order chi connectivity index (χ0) is 45.4. The average molecular weight is 895 g/mol. The Bertz CT molecular complexity index is 3320. The number of halogens is 4. The molecule has 1 atom stereocenters. The van der Waals surface area contributed by atoms with Crippen molar-refractivity contribution in [3.63, 3.8) is 0 Å². The summed E-state index contributed by atoms with van der Waals surface area (Å²) in [6.07, 6.45) is 3.04. The van der Waals surface area contributed by atoms with E-state index in [-0.39, 0.29) is 43.8 Å². The summed E-state index contributed by atoms with van der Waals surface area (Å²) in [4.78, 5) is 65.7. The third-order valence-corrected chi connectivity index (χ3v) is 10.9. The SMILES string of the molecule is CSc1nc(-c2cc(C(=O)O)ccc2C)c2ccc(=O)n(-c3c(F)cccc3F)c2n1.Cc1ccc(C(=O)O)cc1-c1nc(S(C)=O)nc2c1ccc(=O)n2-c1c(F)cccc1F. The van der Waals surface area contributed by atoms with Crippen LogP contribution in [0.2, 0.25) is 0 Å². The van der Waals surface area contributed by atoms with Crippen molar-refractivity contribution < 1.29 is 41.6 Å². The van der Waals surface area contributed by atoms with E-state index in [0.717, 1.165) is 51.1 Å². The summed E-state index contributed by atoms with van der Waals surface area (Å²) in [7, 11) is -1.71. The number of pyridine rings is 2. The third-order valence-electron chi connectivity index (χ3n) is 9.70. The zero-order valence-corrected chi connectivity index (χ0v) is 34.8. The molecule has 8 aromatic rings. The van der Waals surface area contributed by atoms with Crippen molar-refractivity contribution in [2.75, 3.05) is 12.5 Å². The van der Waals surface area contributed by atoms with Crippen LogP contribution in [-0.2, 0) is 10.8 Å². The number of thioether (sulfide) groups is 1. The molecule has 0 saturated heterocycles. The highest BCUT2D eigenvalue weighted by Gasteiger charge is 2.23. The maximum absolute atomic E-state index is 14.6. The van der Waals surface area contributed by atoms with Gasteiger partial charge in [0.1, 0.15) is 34.6 Å². The molecule has 4 aromatic carbocycles. The molecule has 0 aliphatic heterocycles. The number of aromatic nitrogens is 6. The first-order valence-electron chi connectivity index (χ1n) is 18.3. The lowest BCUT2D eigenvalue weighted by Gasteiger charge is -2.15. The fourth-order valence-corrected chi connectivity index (χ4v) is 7.47. The van der Waals surface area contributed by atoms with E-state index in [1.807, 2.05) is 0 Å². The minimum atomic E-state index is -1.71. The van der Waals surface area contributed by atoms with E-state index in [9.17, 15) is 51.2 Å². The third kappa shape index (κ3) is 8.35. The number of carboxylic acids is 2. The molecular weight excluding hydrogens is 865 g/mol. The van der Waals surface area contributed by atoms with Gasteiger partial charge in [0.15, 0.2) is 16.5 Å². The van der Waals surface area contributed by atoms with Gasteiger partial charge in [0.2, 0.25) is 5.16 Å². The Morgan fingerprint density at radius 2 is 1.02 bits per heavy atom. The second-order valence-corrected chi connectivity index (χ2v) is 15.7. The van der Waals surface area contributed by atoms with E-state index >= 15 is 0 Å². The van der Waals surface area contributed by atoms with Gasteiger partial charge in [-0.3, -0.25) is 22.9 Å². The second-order valence-electron chi connectivity index (χ2n) is 13.7. The minimum absolute atomic E-state index is 0.00926. The van der Waals surface area contributed by atoms with E-state index in [0.29, 0.717) is 27.8 Å². The lowest BCUT2D eigenvalue weighted by molar-refractivity contribution is 0.0686. The molecule has 0 aliphatic carbocycles. The first-order chi connectivity index (χ1) is 30.0. The van der Waals surface area contributed by atoms with E-state index in [2.05, 4.69) is 19.9 Å². The Morgan fingerprint density at radius 1 is 0.603 bits per heavy atom. The van der Waals surface area contributed by atoms with Crippen molar-refractivity contribution in [3.05, 3.63) is 163 Å². The molecule has 318 valence electrons. The quantitative estimate of drug-likeness (QED) is 0.0854. The summed E-state index contributed by atoms with van der Waals surface area (Å²) < 4.78 is 72.1. The van der Waals surface area contributed by atoms with Crippen molar-refractivity contribution in [2.45, 2.75) is 24.2 Å². The summed E-state index contributed by atoms with van der Waals surface area (Å²) in [5.74, 6) is -6.05. The molecule has 4 heterocycles. The Balaban J connectivity index is 0.000000189. The first kappa shape index (κ1) is 43.7. The number of hydrogen-bond donors (Lipinski definition) is 2. The van der Waals surface area contributed by atoms with Gasteiger partial charge in [0.25, 0.3) is 11.1 Å².